The Morgan fingerprint density at radius 3 is 2.60 bits per heavy atom. The van der Waals surface area contributed by atoms with Crippen molar-refractivity contribution in [2.75, 3.05) is 7.11 Å². The van der Waals surface area contributed by atoms with E-state index in [0.29, 0.717) is 6.54 Å². The quantitative estimate of drug-likeness (QED) is 0.484. The van der Waals surface area contributed by atoms with E-state index >= 15 is 0 Å². The number of allylic oxidation sites excluding steroid dienone is 1. The van der Waals surface area contributed by atoms with Crippen LogP contribution in [0.3, 0.4) is 0 Å². The molecule has 0 aliphatic heterocycles. The molecule has 1 amide bonds. The first-order valence-electron chi connectivity index (χ1n) is 5.99. The Morgan fingerprint density at radius 1 is 1.45 bits per heavy atom. The van der Waals surface area contributed by atoms with Crippen molar-refractivity contribution in [3.63, 3.8) is 0 Å². The summed E-state index contributed by atoms with van der Waals surface area (Å²) in [5.41, 5.74) is 0.605. The molecule has 0 bridgehead atoms. The molecule has 0 atom stereocenters. The molecule has 1 aromatic heterocycles. The van der Waals surface area contributed by atoms with Crippen LogP contribution in [0.1, 0.15) is 17.4 Å². The van der Waals surface area contributed by atoms with Gasteiger partial charge in [-0.1, -0.05) is 19.2 Å². The molecule has 0 unspecified atom stereocenters. The fourth-order valence-corrected chi connectivity index (χ4v) is 1.49. The van der Waals surface area contributed by atoms with Gasteiger partial charge in [0.2, 0.25) is 0 Å². The molecule has 0 spiro atoms. The molecule has 0 saturated heterocycles. The van der Waals surface area contributed by atoms with Crippen molar-refractivity contribution in [3.8, 4) is 0 Å². The first-order chi connectivity index (χ1) is 9.57. The van der Waals surface area contributed by atoms with Crippen molar-refractivity contribution >= 4 is 11.9 Å². The number of ether oxygens (including phenoxy) is 1. The number of nitrogens with one attached hydrogen (secondary N) is 1. The van der Waals surface area contributed by atoms with E-state index in [1.165, 1.54) is 19.3 Å². The first kappa shape index (κ1) is 15.4. The van der Waals surface area contributed by atoms with Crippen molar-refractivity contribution in [2.45, 2.75) is 13.5 Å². The van der Waals surface area contributed by atoms with Gasteiger partial charge in [0.05, 0.1) is 18.4 Å². The minimum absolute atomic E-state index is 0.130. The maximum atomic E-state index is 12.0. The highest BCUT2D eigenvalue weighted by atomic mass is 16.5. The maximum absolute atomic E-state index is 12.0. The van der Waals surface area contributed by atoms with Gasteiger partial charge in [0.15, 0.2) is 5.69 Å². The lowest BCUT2D eigenvalue weighted by Crippen LogP contribution is -2.25. The molecule has 0 aromatic carbocycles. The molecule has 1 N–H and O–H groups in total. The number of carbonyl (C=O) groups is 2. The van der Waals surface area contributed by atoms with Crippen LogP contribution in [0.15, 0.2) is 48.8 Å². The molecule has 1 aromatic rings. The Labute approximate surface area is 117 Å². The number of carbonyl (C=O) groups excluding carboxylic acids is 2. The third-order valence-electron chi connectivity index (χ3n) is 2.55. The Kier molecular flexibility index (Phi) is 5.46. The summed E-state index contributed by atoms with van der Waals surface area (Å²) in [6.45, 7) is 9.66. The van der Waals surface area contributed by atoms with E-state index in [-0.39, 0.29) is 17.0 Å². The average Bonchev–Trinajstić information content (AvgIpc) is 2.95. The number of esters is 1. The number of hydrogen-bond donors (Lipinski definition) is 1. The van der Waals surface area contributed by atoms with E-state index in [0.717, 1.165) is 0 Å². The monoisotopic (exact) mass is 275 g/mol. The van der Waals surface area contributed by atoms with Gasteiger partial charge in [0.1, 0.15) is 0 Å². The van der Waals surface area contributed by atoms with Crippen LogP contribution in [0.25, 0.3) is 0 Å². The zero-order chi connectivity index (χ0) is 15.1. The SMILES string of the molecule is C=C/C(NC(=O)c1ccn(CC)n1)=C(\C=C)C(=O)OC. The number of hydrogen-bond acceptors (Lipinski definition) is 4. The van der Waals surface area contributed by atoms with Crippen molar-refractivity contribution in [1.29, 1.82) is 0 Å². The normalized spacial score (nSPS) is 11.3. The van der Waals surface area contributed by atoms with Gasteiger partial charge in [-0.05, 0) is 19.1 Å². The van der Waals surface area contributed by atoms with E-state index in [2.05, 4.69) is 28.3 Å². The van der Waals surface area contributed by atoms with Gasteiger partial charge in [-0.25, -0.2) is 4.79 Å². The van der Waals surface area contributed by atoms with Crippen LogP contribution in [0.2, 0.25) is 0 Å². The molecule has 6 heteroatoms. The number of aromatic nitrogens is 2. The largest absolute Gasteiger partial charge is 0.465 e. The van der Waals surface area contributed by atoms with Crippen LogP contribution in [-0.2, 0) is 16.1 Å². The molecule has 0 saturated carbocycles. The summed E-state index contributed by atoms with van der Waals surface area (Å²) in [6, 6.07) is 1.59. The molecular formula is C14H17N3O3. The maximum Gasteiger partial charge on any atom is 0.339 e. The second kappa shape index (κ2) is 7.08. The van der Waals surface area contributed by atoms with Crippen LogP contribution < -0.4 is 5.32 Å². The molecule has 6 nitrogen and oxygen atoms in total. The summed E-state index contributed by atoms with van der Waals surface area (Å²) >= 11 is 0. The van der Waals surface area contributed by atoms with Gasteiger partial charge in [0.25, 0.3) is 5.91 Å². The summed E-state index contributed by atoms with van der Waals surface area (Å²) in [4.78, 5) is 23.6. The molecule has 0 radical (unpaired) electrons. The Bertz CT molecular complexity index is 570. The third-order valence-corrected chi connectivity index (χ3v) is 2.55. The Morgan fingerprint density at radius 2 is 2.15 bits per heavy atom. The van der Waals surface area contributed by atoms with Crippen LogP contribution in [0.4, 0.5) is 0 Å². The molecule has 0 aliphatic rings. The molecule has 20 heavy (non-hydrogen) atoms. The van der Waals surface area contributed by atoms with Gasteiger partial charge in [-0.3, -0.25) is 9.48 Å². The predicted octanol–water partition coefficient (Wildman–Crippen LogP) is 1.43. The molecule has 1 rings (SSSR count). The lowest BCUT2D eigenvalue weighted by Gasteiger charge is -2.08. The minimum atomic E-state index is -0.603. The number of nitrogens with zero attached hydrogens (tertiary/aromatic N) is 2. The molecule has 0 fully saturated rings. The van der Waals surface area contributed by atoms with E-state index < -0.39 is 11.9 Å². The smallest absolute Gasteiger partial charge is 0.339 e. The molecular weight excluding hydrogens is 258 g/mol. The number of methoxy groups -OCH3 is 1. The van der Waals surface area contributed by atoms with Gasteiger partial charge < -0.3 is 10.1 Å². The van der Waals surface area contributed by atoms with E-state index in [9.17, 15) is 9.59 Å². The lowest BCUT2D eigenvalue weighted by molar-refractivity contribution is -0.135. The van der Waals surface area contributed by atoms with Crippen LogP contribution in [0, 0.1) is 0 Å². The average molecular weight is 275 g/mol. The zero-order valence-electron chi connectivity index (χ0n) is 11.5. The fourth-order valence-electron chi connectivity index (χ4n) is 1.49. The summed E-state index contributed by atoms with van der Waals surface area (Å²) in [5, 5.41) is 6.63. The van der Waals surface area contributed by atoms with E-state index in [1.54, 1.807) is 16.9 Å². The fraction of sp³-hybridized carbons (Fsp3) is 0.214. The lowest BCUT2D eigenvalue weighted by atomic mass is 10.2. The number of rotatable bonds is 6. The van der Waals surface area contributed by atoms with Crippen LogP contribution in [0.5, 0.6) is 0 Å². The van der Waals surface area contributed by atoms with Gasteiger partial charge in [-0.15, -0.1) is 0 Å². The highest BCUT2D eigenvalue weighted by Crippen LogP contribution is 2.08. The highest BCUT2D eigenvalue weighted by Gasteiger charge is 2.15. The van der Waals surface area contributed by atoms with Gasteiger partial charge >= 0.3 is 5.97 Å². The zero-order valence-corrected chi connectivity index (χ0v) is 11.5. The van der Waals surface area contributed by atoms with Crippen molar-refractivity contribution in [3.05, 3.63) is 54.5 Å². The molecule has 0 aliphatic carbocycles. The summed E-state index contributed by atoms with van der Waals surface area (Å²) < 4.78 is 6.23. The van der Waals surface area contributed by atoms with Crippen LogP contribution >= 0.6 is 0 Å². The van der Waals surface area contributed by atoms with Gasteiger partial charge in [0, 0.05) is 12.7 Å². The number of amides is 1. The van der Waals surface area contributed by atoms with Crippen molar-refractivity contribution < 1.29 is 14.3 Å². The summed E-state index contributed by atoms with van der Waals surface area (Å²) in [5.74, 6) is -1.04. The minimum Gasteiger partial charge on any atom is -0.465 e. The van der Waals surface area contributed by atoms with Gasteiger partial charge in [-0.2, -0.15) is 5.10 Å². The second-order valence-electron chi connectivity index (χ2n) is 3.74. The van der Waals surface area contributed by atoms with Crippen molar-refractivity contribution in [1.82, 2.24) is 15.1 Å². The first-order valence-corrected chi connectivity index (χ1v) is 5.99. The highest BCUT2D eigenvalue weighted by molar-refractivity contribution is 5.97. The second-order valence-corrected chi connectivity index (χ2v) is 3.74. The third kappa shape index (κ3) is 3.44. The van der Waals surface area contributed by atoms with Crippen molar-refractivity contribution in [2.24, 2.45) is 0 Å². The Balaban J connectivity index is 3.00. The predicted molar refractivity (Wildman–Crippen MR) is 74.8 cm³/mol. The summed E-state index contributed by atoms with van der Waals surface area (Å²) in [6.07, 6.45) is 4.34. The van der Waals surface area contributed by atoms with Crippen LogP contribution in [-0.4, -0.2) is 28.8 Å². The Hall–Kier alpha value is -2.63. The van der Waals surface area contributed by atoms with E-state index in [1.807, 2.05) is 6.92 Å². The topological polar surface area (TPSA) is 73.2 Å². The van der Waals surface area contributed by atoms with E-state index in [4.69, 9.17) is 0 Å². The number of aryl methyl sites for hydroxylation is 1. The standard InChI is InChI=1S/C14H17N3O3/c1-5-10(14(19)20-4)11(6-2)15-13(18)12-8-9-17(7-3)16-12/h5-6,8-9H,1-2,7H2,3-4H3,(H,15,18)/b11-10-. The summed E-state index contributed by atoms with van der Waals surface area (Å²) in [7, 11) is 1.25. The molecule has 1 heterocycles. The molecule has 106 valence electrons.